The largest absolute Gasteiger partial charge is 0.453 e. The number of benzene rings is 1. The third-order valence-electron chi connectivity index (χ3n) is 2.98. The highest BCUT2D eigenvalue weighted by atomic mass is 35.5. The molecule has 0 amide bonds. The van der Waals surface area contributed by atoms with Crippen molar-refractivity contribution in [1.82, 2.24) is 9.78 Å². The molecule has 1 aromatic carbocycles. The van der Waals surface area contributed by atoms with E-state index in [9.17, 15) is 4.79 Å². The van der Waals surface area contributed by atoms with Crippen LogP contribution in [-0.4, -0.2) is 23.5 Å². The van der Waals surface area contributed by atoms with E-state index in [4.69, 9.17) is 21.6 Å². The fourth-order valence-corrected chi connectivity index (χ4v) is 2.25. The van der Waals surface area contributed by atoms with Crippen molar-refractivity contribution >= 4 is 25.4 Å². The fourth-order valence-electron chi connectivity index (χ4n) is 2.02. The van der Waals surface area contributed by atoms with E-state index in [1.165, 1.54) is 11.6 Å². The van der Waals surface area contributed by atoms with Crippen molar-refractivity contribution in [2.24, 2.45) is 0 Å². The summed E-state index contributed by atoms with van der Waals surface area (Å²) in [5, 5.41) is 13.6. The summed E-state index contributed by atoms with van der Waals surface area (Å²) in [7, 11) is 1.93. The predicted molar refractivity (Wildman–Crippen MR) is 81.8 cm³/mol. The number of hydrogen-bond acceptors (Lipinski definition) is 4. The molecule has 0 atom stereocenters. The van der Waals surface area contributed by atoms with Crippen LogP contribution >= 0.6 is 11.6 Å². The maximum atomic E-state index is 11.5. The number of halogens is 1. The summed E-state index contributed by atoms with van der Waals surface area (Å²) in [6.45, 7) is 3.20. The zero-order chi connectivity index (χ0) is 15.6. The van der Waals surface area contributed by atoms with Crippen LogP contribution in [0.4, 0.5) is 0 Å². The van der Waals surface area contributed by atoms with Crippen LogP contribution in [0.25, 0.3) is 0 Å². The Bertz CT molecular complexity index is 749. The first-order valence-corrected chi connectivity index (χ1v) is 6.82. The number of rotatable bonds is 3. The van der Waals surface area contributed by atoms with Gasteiger partial charge in [0.2, 0.25) is 5.91 Å². The fraction of sp³-hybridized carbons (Fsp3) is 0.214. The highest BCUT2D eigenvalue weighted by Gasteiger charge is 2.18. The summed E-state index contributed by atoms with van der Waals surface area (Å²) in [5.74, 6) is 0.791. The molecule has 0 unspecified atom stereocenters. The van der Waals surface area contributed by atoms with E-state index in [0.29, 0.717) is 39.8 Å². The van der Waals surface area contributed by atoms with E-state index in [1.807, 2.05) is 13.9 Å². The number of carbonyl (C=O) groups excluding carboxylic acids is 1. The molecule has 7 heteroatoms. The average molecular weight is 302 g/mol. The van der Waals surface area contributed by atoms with Gasteiger partial charge in [0.05, 0.1) is 23.0 Å². The number of aromatic nitrogens is 2. The molecule has 1 aromatic heterocycles. The van der Waals surface area contributed by atoms with Crippen molar-refractivity contribution in [3.8, 4) is 17.6 Å². The lowest BCUT2D eigenvalue weighted by Gasteiger charge is -2.07. The topological polar surface area (TPSA) is 67.9 Å². The lowest BCUT2D eigenvalue weighted by Crippen LogP contribution is -2.09. The molecule has 1 heterocycles. The first-order valence-electron chi connectivity index (χ1n) is 6.44. The van der Waals surface area contributed by atoms with Crippen LogP contribution in [0.1, 0.15) is 28.7 Å². The highest BCUT2D eigenvalue weighted by Crippen LogP contribution is 2.31. The molecule has 0 aliphatic rings. The van der Waals surface area contributed by atoms with Gasteiger partial charge in [0.15, 0.2) is 5.75 Å². The van der Waals surface area contributed by atoms with Gasteiger partial charge in [0.1, 0.15) is 13.6 Å². The van der Waals surface area contributed by atoms with Gasteiger partial charge >= 0.3 is 0 Å². The zero-order valence-electron chi connectivity index (χ0n) is 12.0. The number of ether oxygens (including phenoxy) is 1. The van der Waals surface area contributed by atoms with Gasteiger partial charge in [-0.3, -0.25) is 4.79 Å². The molecule has 0 saturated carbocycles. The molecule has 106 valence electrons. The highest BCUT2D eigenvalue weighted by molar-refractivity contribution is 6.30. The Morgan fingerprint density at radius 1 is 1.52 bits per heavy atom. The lowest BCUT2D eigenvalue weighted by molar-refractivity contribution is 0.0918. The standard InChI is InChI=1S/C14H13BClN3O2/c1-8-14(13(6-15)18-19(8)9(2)20)21-12-4-10(7-17)3-11(16)5-12/h3-5H,6,15H2,1-2H3. The summed E-state index contributed by atoms with van der Waals surface area (Å²) < 4.78 is 7.12. The number of nitrogens with zero attached hydrogens (tertiary/aromatic N) is 3. The molecular weight excluding hydrogens is 288 g/mol. The third-order valence-corrected chi connectivity index (χ3v) is 3.20. The molecule has 0 radical (unpaired) electrons. The summed E-state index contributed by atoms with van der Waals surface area (Å²) in [5.41, 5.74) is 1.71. The SMILES string of the molecule is BCc1nn(C(C)=O)c(C)c1Oc1cc(Cl)cc(C#N)c1. The summed E-state index contributed by atoms with van der Waals surface area (Å²) >= 11 is 5.96. The van der Waals surface area contributed by atoms with E-state index < -0.39 is 0 Å². The molecule has 5 nitrogen and oxygen atoms in total. The smallest absolute Gasteiger partial charge is 0.244 e. The Hall–Kier alpha value is -2.26. The second kappa shape index (κ2) is 6.02. The summed E-state index contributed by atoms with van der Waals surface area (Å²) in [4.78, 5) is 11.5. The molecule has 0 aliphatic carbocycles. The van der Waals surface area contributed by atoms with E-state index in [0.717, 1.165) is 0 Å². The second-order valence-corrected chi connectivity index (χ2v) is 4.97. The number of hydrogen-bond donors (Lipinski definition) is 0. The maximum Gasteiger partial charge on any atom is 0.244 e. The number of carbonyl (C=O) groups is 1. The van der Waals surface area contributed by atoms with E-state index in [2.05, 4.69) is 5.10 Å². The van der Waals surface area contributed by atoms with Crippen molar-refractivity contribution in [3.63, 3.8) is 0 Å². The predicted octanol–water partition coefficient (Wildman–Crippen LogP) is 2.30. The summed E-state index contributed by atoms with van der Waals surface area (Å²) in [6, 6.07) is 6.79. The first kappa shape index (κ1) is 15.1. The van der Waals surface area contributed by atoms with Crippen molar-refractivity contribution in [1.29, 1.82) is 5.26 Å². The van der Waals surface area contributed by atoms with Gasteiger partial charge in [0, 0.05) is 11.9 Å². The van der Waals surface area contributed by atoms with Gasteiger partial charge in [0.25, 0.3) is 0 Å². The van der Waals surface area contributed by atoms with Crippen LogP contribution in [0.15, 0.2) is 18.2 Å². The Morgan fingerprint density at radius 2 is 2.24 bits per heavy atom. The van der Waals surface area contributed by atoms with Crippen LogP contribution in [0.3, 0.4) is 0 Å². The van der Waals surface area contributed by atoms with Crippen LogP contribution < -0.4 is 4.74 Å². The molecular formula is C14H13BClN3O2. The second-order valence-electron chi connectivity index (χ2n) is 4.54. The third kappa shape index (κ3) is 3.09. The van der Waals surface area contributed by atoms with Crippen molar-refractivity contribution < 1.29 is 9.53 Å². The van der Waals surface area contributed by atoms with Crippen molar-refractivity contribution in [2.45, 2.75) is 20.2 Å². The van der Waals surface area contributed by atoms with Gasteiger partial charge in [-0.25, -0.2) is 4.68 Å². The molecule has 21 heavy (non-hydrogen) atoms. The lowest BCUT2D eigenvalue weighted by atomic mass is 10.0. The first-order chi connectivity index (χ1) is 9.96. The van der Waals surface area contributed by atoms with Crippen LogP contribution in [-0.2, 0) is 6.32 Å². The van der Waals surface area contributed by atoms with Crippen LogP contribution in [0.2, 0.25) is 5.02 Å². The molecule has 0 saturated heterocycles. The van der Waals surface area contributed by atoms with Gasteiger partial charge in [-0.15, -0.1) is 0 Å². The molecule has 0 spiro atoms. The van der Waals surface area contributed by atoms with E-state index >= 15 is 0 Å². The van der Waals surface area contributed by atoms with Crippen LogP contribution in [0.5, 0.6) is 11.5 Å². The van der Waals surface area contributed by atoms with Gasteiger partial charge in [-0.2, -0.15) is 10.4 Å². The van der Waals surface area contributed by atoms with Gasteiger partial charge in [-0.05, 0) is 31.4 Å². The molecule has 2 rings (SSSR count). The van der Waals surface area contributed by atoms with Crippen LogP contribution in [0, 0.1) is 18.3 Å². The van der Waals surface area contributed by atoms with Crippen molar-refractivity contribution in [3.05, 3.63) is 40.2 Å². The van der Waals surface area contributed by atoms with E-state index in [1.54, 1.807) is 25.1 Å². The Morgan fingerprint density at radius 3 is 2.81 bits per heavy atom. The Labute approximate surface area is 128 Å². The molecule has 0 bridgehead atoms. The van der Waals surface area contributed by atoms with Crippen molar-refractivity contribution in [2.75, 3.05) is 0 Å². The molecule has 2 aromatic rings. The minimum absolute atomic E-state index is 0.180. The maximum absolute atomic E-state index is 11.5. The molecule has 0 N–H and O–H groups in total. The minimum Gasteiger partial charge on any atom is -0.453 e. The Kier molecular flexibility index (Phi) is 4.34. The molecule has 0 aliphatic heterocycles. The van der Waals surface area contributed by atoms with Gasteiger partial charge < -0.3 is 4.74 Å². The monoisotopic (exact) mass is 301 g/mol. The zero-order valence-corrected chi connectivity index (χ0v) is 12.7. The van der Waals surface area contributed by atoms with E-state index in [-0.39, 0.29) is 5.91 Å². The Balaban J connectivity index is 2.46. The quantitative estimate of drug-likeness (QED) is 0.816. The number of nitriles is 1. The normalized spacial score (nSPS) is 10.2. The minimum atomic E-state index is -0.180. The average Bonchev–Trinajstić information content (AvgIpc) is 2.75. The molecule has 0 fully saturated rings. The van der Waals surface area contributed by atoms with Gasteiger partial charge in [-0.1, -0.05) is 11.6 Å². The summed E-state index contributed by atoms with van der Waals surface area (Å²) in [6.07, 6.45) is 0.627.